The smallest absolute Gasteiger partial charge is 0.200 e. The van der Waals surface area contributed by atoms with Gasteiger partial charge in [-0.1, -0.05) is 25.0 Å². The minimum atomic E-state index is -0.0423. The number of benzene rings is 2. The number of para-hydroxylation sites is 1. The third kappa shape index (κ3) is 3.42. The molecule has 0 amide bonds. The minimum Gasteiger partial charge on any atom is -0.481 e. The van der Waals surface area contributed by atoms with Crippen LogP contribution in [0.25, 0.3) is 21.9 Å². The van der Waals surface area contributed by atoms with E-state index in [1.165, 1.54) is 0 Å². The molecule has 27 heavy (non-hydrogen) atoms. The maximum Gasteiger partial charge on any atom is 0.200 e. The Morgan fingerprint density at radius 2 is 2.07 bits per heavy atom. The Balaban J connectivity index is 1.89. The largest absolute Gasteiger partial charge is 0.481 e. The second-order valence-electron chi connectivity index (χ2n) is 6.11. The summed E-state index contributed by atoms with van der Waals surface area (Å²) in [5.74, 6) is 6.56. The third-order valence-corrected chi connectivity index (χ3v) is 4.26. The van der Waals surface area contributed by atoms with E-state index in [-0.39, 0.29) is 5.43 Å². The number of hydrogen-bond acceptors (Lipinski definition) is 4. The molecule has 5 heteroatoms. The summed E-state index contributed by atoms with van der Waals surface area (Å²) in [5, 5.41) is 1.13. The number of fused-ring (bicyclic) bond motifs is 2. The fourth-order valence-electron chi connectivity index (χ4n) is 3.06. The van der Waals surface area contributed by atoms with Crippen molar-refractivity contribution in [3.05, 3.63) is 70.9 Å². The molecule has 0 unspecified atom stereocenters. The highest BCUT2D eigenvalue weighted by atomic mass is 16.5. The molecular weight excluding hydrogens is 340 g/mol. The number of imidazole rings is 1. The molecular formula is C22H18N2O3. The van der Waals surface area contributed by atoms with Crippen molar-refractivity contribution >= 4 is 21.9 Å². The van der Waals surface area contributed by atoms with Crippen LogP contribution in [0.1, 0.15) is 18.9 Å². The summed E-state index contributed by atoms with van der Waals surface area (Å²) in [5.41, 5.74) is 1.85. The second kappa shape index (κ2) is 7.38. The zero-order valence-corrected chi connectivity index (χ0v) is 14.9. The van der Waals surface area contributed by atoms with Gasteiger partial charge in [-0.3, -0.25) is 4.79 Å². The predicted octanol–water partition coefficient (Wildman–Crippen LogP) is 3.98. The van der Waals surface area contributed by atoms with Gasteiger partial charge < -0.3 is 13.7 Å². The Hall–Kier alpha value is -3.52. The van der Waals surface area contributed by atoms with Crippen LogP contribution >= 0.6 is 0 Å². The van der Waals surface area contributed by atoms with E-state index in [9.17, 15) is 4.79 Å². The summed E-state index contributed by atoms with van der Waals surface area (Å²) >= 11 is 0. The van der Waals surface area contributed by atoms with E-state index < -0.39 is 0 Å². The molecule has 134 valence electrons. The van der Waals surface area contributed by atoms with Gasteiger partial charge in [0.25, 0.3) is 0 Å². The van der Waals surface area contributed by atoms with Gasteiger partial charge in [0, 0.05) is 31.4 Å². The van der Waals surface area contributed by atoms with Crippen LogP contribution in [0.3, 0.4) is 0 Å². The van der Waals surface area contributed by atoms with Gasteiger partial charge in [0.2, 0.25) is 5.43 Å². The molecule has 0 aliphatic carbocycles. The zero-order valence-electron chi connectivity index (χ0n) is 14.9. The van der Waals surface area contributed by atoms with Gasteiger partial charge in [-0.15, -0.1) is 5.92 Å². The van der Waals surface area contributed by atoms with E-state index in [0.29, 0.717) is 40.8 Å². The summed E-state index contributed by atoms with van der Waals surface area (Å²) in [4.78, 5) is 17.2. The highest BCUT2D eigenvalue weighted by molar-refractivity contribution is 5.92. The van der Waals surface area contributed by atoms with Gasteiger partial charge in [0.15, 0.2) is 0 Å². The highest BCUT2D eigenvalue weighted by Crippen LogP contribution is 2.27. The van der Waals surface area contributed by atoms with Crippen LogP contribution in [0.15, 0.2) is 64.3 Å². The molecule has 0 fully saturated rings. The molecule has 4 rings (SSSR count). The van der Waals surface area contributed by atoms with Crippen molar-refractivity contribution in [1.29, 1.82) is 0 Å². The van der Waals surface area contributed by atoms with Crippen molar-refractivity contribution in [1.82, 2.24) is 9.55 Å². The van der Waals surface area contributed by atoms with Gasteiger partial charge in [0.05, 0.1) is 17.1 Å². The van der Waals surface area contributed by atoms with E-state index in [0.717, 1.165) is 12.0 Å². The fraction of sp³-hybridized carbons (Fsp3) is 0.182. The first-order valence-corrected chi connectivity index (χ1v) is 8.79. The lowest BCUT2D eigenvalue weighted by Gasteiger charge is -2.11. The van der Waals surface area contributed by atoms with Crippen LogP contribution in [-0.2, 0) is 6.54 Å². The summed E-state index contributed by atoms with van der Waals surface area (Å²) < 4.78 is 13.7. The van der Waals surface area contributed by atoms with Crippen molar-refractivity contribution < 1.29 is 9.15 Å². The lowest BCUT2D eigenvalue weighted by molar-refractivity contribution is 0.369. The number of rotatable bonds is 4. The van der Waals surface area contributed by atoms with Gasteiger partial charge >= 0.3 is 0 Å². The van der Waals surface area contributed by atoms with E-state index in [2.05, 4.69) is 16.8 Å². The summed E-state index contributed by atoms with van der Waals surface area (Å²) in [7, 11) is 0. The van der Waals surface area contributed by atoms with Crippen molar-refractivity contribution in [2.24, 2.45) is 0 Å². The SMILES string of the molecule is CCC#CCOc1cc(Cn2ccnc2)c2c(=O)c3ccccc3oc2c1. The second-order valence-corrected chi connectivity index (χ2v) is 6.11. The molecule has 2 aromatic carbocycles. The van der Waals surface area contributed by atoms with Crippen LogP contribution in [0.2, 0.25) is 0 Å². The molecule has 0 N–H and O–H groups in total. The van der Waals surface area contributed by atoms with Crippen LogP contribution in [0.5, 0.6) is 5.75 Å². The molecule has 0 bridgehead atoms. The summed E-state index contributed by atoms with van der Waals surface area (Å²) in [6, 6.07) is 10.9. The highest BCUT2D eigenvalue weighted by Gasteiger charge is 2.14. The molecule has 0 spiro atoms. The maximum absolute atomic E-state index is 13.1. The first kappa shape index (κ1) is 16.9. The molecule has 0 saturated heterocycles. The molecule has 0 atom stereocenters. The monoisotopic (exact) mass is 358 g/mol. The van der Waals surface area contributed by atoms with Crippen LogP contribution in [0, 0.1) is 11.8 Å². The van der Waals surface area contributed by atoms with E-state index in [1.807, 2.05) is 35.9 Å². The summed E-state index contributed by atoms with van der Waals surface area (Å²) in [6.07, 6.45) is 6.07. The quantitative estimate of drug-likeness (QED) is 0.409. The van der Waals surface area contributed by atoms with Crippen molar-refractivity contribution in [3.63, 3.8) is 0 Å². The van der Waals surface area contributed by atoms with E-state index in [1.54, 1.807) is 30.7 Å². The van der Waals surface area contributed by atoms with Crippen LogP contribution < -0.4 is 10.2 Å². The molecule has 0 aliphatic rings. The minimum absolute atomic E-state index is 0.0423. The maximum atomic E-state index is 13.1. The summed E-state index contributed by atoms with van der Waals surface area (Å²) in [6.45, 7) is 2.78. The Kier molecular flexibility index (Phi) is 4.63. The Morgan fingerprint density at radius 1 is 1.19 bits per heavy atom. The molecule has 0 saturated carbocycles. The number of nitrogens with zero attached hydrogens (tertiary/aromatic N) is 2. The number of ether oxygens (including phenoxy) is 1. The average Bonchev–Trinajstić information content (AvgIpc) is 3.18. The van der Waals surface area contributed by atoms with Gasteiger partial charge in [0.1, 0.15) is 23.5 Å². The molecule has 2 heterocycles. The van der Waals surface area contributed by atoms with Crippen LogP contribution in [0.4, 0.5) is 0 Å². The normalized spacial score (nSPS) is 10.7. The first-order chi connectivity index (χ1) is 13.3. The van der Waals surface area contributed by atoms with E-state index in [4.69, 9.17) is 9.15 Å². The van der Waals surface area contributed by atoms with Crippen molar-refractivity contribution in [2.75, 3.05) is 6.61 Å². The molecule has 2 aromatic heterocycles. The van der Waals surface area contributed by atoms with Gasteiger partial charge in [-0.2, -0.15) is 0 Å². The lowest BCUT2D eigenvalue weighted by Crippen LogP contribution is -2.08. The van der Waals surface area contributed by atoms with Crippen molar-refractivity contribution in [3.8, 4) is 17.6 Å². The Bertz CT molecular complexity index is 1210. The lowest BCUT2D eigenvalue weighted by atomic mass is 10.1. The van der Waals surface area contributed by atoms with Crippen LogP contribution in [-0.4, -0.2) is 16.2 Å². The Morgan fingerprint density at radius 3 is 2.89 bits per heavy atom. The fourth-order valence-corrected chi connectivity index (χ4v) is 3.06. The number of aromatic nitrogens is 2. The van der Waals surface area contributed by atoms with Gasteiger partial charge in [-0.05, 0) is 23.8 Å². The third-order valence-electron chi connectivity index (χ3n) is 4.26. The molecule has 4 aromatic rings. The molecule has 0 aliphatic heterocycles. The van der Waals surface area contributed by atoms with Crippen molar-refractivity contribution in [2.45, 2.75) is 19.9 Å². The topological polar surface area (TPSA) is 57.3 Å². The predicted molar refractivity (Wildman–Crippen MR) is 105 cm³/mol. The molecule has 5 nitrogen and oxygen atoms in total. The standard InChI is InChI=1S/C22H18N2O3/c1-2-3-6-11-26-17-12-16(14-24-10-9-23-15-24)21-20(13-17)27-19-8-5-4-7-18(19)22(21)25/h4-5,7-10,12-13,15H,2,11,14H2,1H3. The first-order valence-electron chi connectivity index (χ1n) is 8.79. The Labute approximate surface area is 156 Å². The molecule has 0 radical (unpaired) electrons. The average molecular weight is 358 g/mol. The van der Waals surface area contributed by atoms with E-state index >= 15 is 0 Å². The van der Waals surface area contributed by atoms with Gasteiger partial charge in [-0.25, -0.2) is 4.98 Å². The zero-order chi connectivity index (χ0) is 18.6. The number of hydrogen-bond donors (Lipinski definition) is 0.